The van der Waals surface area contributed by atoms with Gasteiger partial charge in [0, 0.05) is 5.56 Å². The fraction of sp³-hybridized carbons (Fsp3) is 0.500. The van der Waals surface area contributed by atoms with Gasteiger partial charge in [0.1, 0.15) is 0 Å². The van der Waals surface area contributed by atoms with E-state index in [4.69, 9.17) is 9.47 Å². The first kappa shape index (κ1) is 9.38. The fourth-order valence-electron chi connectivity index (χ4n) is 1.67. The van der Waals surface area contributed by atoms with Crippen LogP contribution in [0.1, 0.15) is 32.3 Å². The lowest BCUT2D eigenvalue weighted by Crippen LogP contribution is -2.03. The third-order valence-electron chi connectivity index (χ3n) is 2.92. The van der Waals surface area contributed by atoms with Gasteiger partial charge in [0.05, 0.1) is 0 Å². The number of ether oxygens (including phenoxy) is 2. The molecule has 2 nitrogen and oxygen atoms in total. The van der Waals surface area contributed by atoms with Gasteiger partial charge in [-0.15, -0.1) is 0 Å². The Morgan fingerprint density at radius 2 is 1.93 bits per heavy atom. The molecule has 0 bridgehead atoms. The molecule has 76 valence electrons. The Labute approximate surface area is 84.8 Å². The van der Waals surface area contributed by atoms with Gasteiger partial charge in [-0.1, -0.05) is 32.9 Å². The smallest absolute Gasteiger partial charge is 0.231 e. The molecule has 0 aliphatic carbocycles. The van der Waals surface area contributed by atoms with Crippen LogP contribution in [0.15, 0.2) is 18.2 Å². The van der Waals surface area contributed by atoms with Crippen LogP contribution in [-0.2, 0) is 0 Å². The molecule has 0 fully saturated rings. The molecule has 1 heterocycles. The Morgan fingerprint density at radius 1 is 1.14 bits per heavy atom. The quantitative estimate of drug-likeness (QED) is 0.716. The molecule has 1 aliphatic heterocycles. The van der Waals surface area contributed by atoms with Gasteiger partial charge in [0.15, 0.2) is 11.5 Å². The first-order chi connectivity index (χ1) is 6.70. The normalized spacial score (nSPS) is 16.0. The van der Waals surface area contributed by atoms with Crippen molar-refractivity contribution in [1.29, 1.82) is 0 Å². The summed E-state index contributed by atoms with van der Waals surface area (Å²) in [7, 11) is 0. The fourth-order valence-corrected chi connectivity index (χ4v) is 1.67. The molecule has 0 amide bonds. The average molecular weight is 192 g/mol. The van der Waals surface area contributed by atoms with Gasteiger partial charge in [-0.25, -0.2) is 0 Å². The van der Waals surface area contributed by atoms with Crippen LogP contribution in [0.25, 0.3) is 0 Å². The minimum absolute atomic E-state index is 0.358. The summed E-state index contributed by atoms with van der Waals surface area (Å²) in [4.78, 5) is 0. The number of para-hydroxylation sites is 1. The van der Waals surface area contributed by atoms with Crippen LogP contribution in [0.5, 0.6) is 11.5 Å². The summed E-state index contributed by atoms with van der Waals surface area (Å²) < 4.78 is 10.8. The molecule has 0 spiro atoms. The predicted molar refractivity (Wildman–Crippen MR) is 55.8 cm³/mol. The van der Waals surface area contributed by atoms with Crippen molar-refractivity contribution < 1.29 is 9.47 Å². The van der Waals surface area contributed by atoms with E-state index in [-0.39, 0.29) is 0 Å². The Balaban J connectivity index is 2.39. The van der Waals surface area contributed by atoms with Crippen LogP contribution in [0.4, 0.5) is 0 Å². The van der Waals surface area contributed by atoms with E-state index in [1.807, 2.05) is 12.1 Å². The summed E-state index contributed by atoms with van der Waals surface area (Å²) in [5.74, 6) is 2.95. The van der Waals surface area contributed by atoms with E-state index in [0.717, 1.165) is 11.5 Å². The first-order valence-electron chi connectivity index (χ1n) is 5.08. The second-order valence-corrected chi connectivity index (χ2v) is 4.11. The lowest BCUT2D eigenvalue weighted by Gasteiger charge is -2.17. The van der Waals surface area contributed by atoms with Crippen molar-refractivity contribution in [3.63, 3.8) is 0 Å². The van der Waals surface area contributed by atoms with Gasteiger partial charge < -0.3 is 9.47 Å². The molecule has 1 atom stereocenters. The number of fused-ring (bicyclic) bond motifs is 1. The molecule has 14 heavy (non-hydrogen) atoms. The van der Waals surface area contributed by atoms with Crippen molar-refractivity contribution in [3.8, 4) is 11.5 Å². The maximum atomic E-state index is 5.48. The van der Waals surface area contributed by atoms with Gasteiger partial charge in [-0.2, -0.15) is 0 Å². The molecule has 0 radical (unpaired) electrons. The molecule has 0 saturated carbocycles. The highest BCUT2D eigenvalue weighted by Crippen LogP contribution is 2.40. The van der Waals surface area contributed by atoms with Crippen LogP contribution >= 0.6 is 0 Å². The standard InChI is InChI=1S/C12H16O2/c1-8(2)9(3)10-5-4-6-11-12(10)14-7-13-11/h4-6,8-9H,7H2,1-3H3. The third kappa shape index (κ3) is 1.45. The molecule has 1 unspecified atom stereocenters. The third-order valence-corrected chi connectivity index (χ3v) is 2.92. The number of benzene rings is 1. The van der Waals surface area contributed by atoms with Gasteiger partial charge in [-0.3, -0.25) is 0 Å². The average Bonchev–Trinajstić information content (AvgIpc) is 2.63. The largest absolute Gasteiger partial charge is 0.454 e. The van der Waals surface area contributed by atoms with Crippen LogP contribution in [0.3, 0.4) is 0 Å². The summed E-state index contributed by atoms with van der Waals surface area (Å²) in [6, 6.07) is 6.11. The van der Waals surface area contributed by atoms with Crippen molar-refractivity contribution in [1.82, 2.24) is 0 Å². The maximum Gasteiger partial charge on any atom is 0.231 e. The SMILES string of the molecule is CC(C)C(C)c1cccc2c1OCO2. The Morgan fingerprint density at radius 3 is 2.64 bits per heavy atom. The van der Waals surface area contributed by atoms with E-state index in [0.29, 0.717) is 18.6 Å². The molecule has 0 saturated heterocycles. The van der Waals surface area contributed by atoms with Gasteiger partial charge in [-0.05, 0) is 17.9 Å². The van der Waals surface area contributed by atoms with Crippen molar-refractivity contribution in [2.45, 2.75) is 26.7 Å². The van der Waals surface area contributed by atoms with E-state index in [1.54, 1.807) is 0 Å². The van der Waals surface area contributed by atoms with Crippen LogP contribution in [-0.4, -0.2) is 6.79 Å². The summed E-state index contributed by atoms with van der Waals surface area (Å²) in [6.45, 7) is 7.03. The van der Waals surface area contributed by atoms with E-state index in [2.05, 4.69) is 26.8 Å². The number of hydrogen-bond donors (Lipinski definition) is 0. The zero-order valence-electron chi connectivity index (χ0n) is 8.91. The monoisotopic (exact) mass is 192 g/mol. The zero-order chi connectivity index (χ0) is 10.1. The Kier molecular flexibility index (Phi) is 2.36. The van der Waals surface area contributed by atoms with E-state index >= 15 is 0 Å². The van der Waals surface area contributed by atoms with E-state index in [1.165, 1.54) is 5.56 Å². The van der Waals surface area contributed by atoms with Crippen LogP contribution in [0.2, 0.25) is 0 Å². The summed E-state index contributed by atoms with van der Waals surface area (Å²) in [6.07, 6.45) is 0. The van der Waals surface area contributed by atoms with Crippen molar-refractivity contribution >= 4 is 0 Å². The van der Waals surface area contributed by atoms with Gasteiger partial charge in [0.25, 0.3) is 0 Å². The highest BCUT2D eigenvalue weighted by molar-refractivity contribution is 5.49. The lowest BCUT2D eigenvalue weighted by atomic mass is 9.89. The van der Waals surface area contributed by atoms with Crippen molar-refractivity contribution in [2.75, 3.05) is 6.79 Å². The van der Waals surface area contributed by atoms with Crippen LogP contribution in [0, 0.1) is 5.92 Å². The Hall–Kier alpha value is -1.18. The van der Waals surface area contributed by atoms with E-state index < -0.39 is 0 Å². The molecule has 1 aromatic carbocycles. The second-order valence-electron chi connectivity index (χ2n) is 4.11. The highest BCUT2D eigenvalue weighted by atomic mass is 16.7. The molecule has 1 aliphatic rings. The molecular weight excluding hydrogens is 176 g/mol. The van der Waals surface area contributed by atoms with E-state index in [9.17, 15) is 0 Å². The maximum absolute atomic E-state index is 5.48. The molecule has 2 rings (SSSR count). The summed E-state index contributed by atoms with van der Waals surface area (Å²) in [5.41, 5.74) is 1.26. The minimum atomic E-state index is 0.358. The van der Waals surface area contributed by atoms with Crippen molar-refractivity contribution in [3.05, 3.63) is 23.8 Å². The minimum Gasteiger partial charge on any atom is -0.454 e. The number of hydrogen-bond acceptors (Lipinski definition) is 2. The van der Waals surface area contributed by atoms with Crippen molar-refractivity contribution in [2.24, 2.45) is 5.92 Å². The molecular formula is C12H16O2. The first-order valence-corrected chi connectivity index (χ1v) is 5.08. The van der Waals surface area contributed by atoms with Gasteiger partial charge >= 0.3 is 0 Å². The van der Waals surface area contributed by atoms with Crippen LogP contribution < -0.4 is 9.47 Å². The predicted octanol–water partition coefficient (Wildman–Crippen LogP) is 3.17. The molecule has 1 aromatic rings. The summed E-state index contributed by atoms with van der Waals surface area (Å²) >= 11 is 0. The summed E-state index contributed by atoms with van der Waals surface area (Å²) in [5, 5.41) is 0. The lowest BCUT2D eigenvalue weighted by molar-refractivity contribution is 0.172. The zero-order valence-corrected chi connectivity index (χ0v) is 8.91. The molecule has 0 aromatic heterocycles. The molecule has 2 heteroatoms. The topological polar surface area (TPSA) is 18.5 Å². The van der Waals surface area contributed by atoms with Gasteiger partial charge in [0.2, 0.25) is 6.79 Å². The second kappa shape index (κ2) is 3.52. The highest BCUT2D eigenvalue weighted by Gasteiger charge is 2.21. The number of rotatable bonds is 2. The molecule has 0 N–H and O–H groups in total. The Bertz CT molecular complexity index is 331.